The van der Waals surface area contributed by atoms with Crippen molar-refractivity contribution in [3.05, 3.63) is 21.7 Å². The zero-order valence-electron chi connectivity index (χ0n) is 9.67. The molecule has 0 unspecified atom stereocenters. The van der Waals surface area contributed by atoms with Crippen molar-refractivity contribution in [3.63, 3.8) is 0 Å². The van der Waals surface area contributed by atoms with Crippen LogP contribution < -0.4 is 9.47 Å². The van der Waals surface area contributed by atoms with E-state index in [1.165, 1.54) is 0 Å². The number of hydrogen-bond donors (Lipinski definition) is 0. The highest BCUT2D eigenvalue weighted by Gasteiger charge is 2.15. The lowest BCUT2D eigenvalue weighted by Gasteiger charge is -2.15. The zero-order chi connectivity index (χ0) is 12.1. The van der Waals surface area contributed by atoms with Gasteiger partial charge in [0, 0.05) is 12.0 Å². The molecule has 0 amide bonds. The summed E-state index contributed by atoms with van der Waals surface area (Å²) < 4.78 is 11.5. The molecule has 0 atom stereocenters. The second-order valence-electron chi connectivity index (χ2n) is 3.43. The van der Waals surface area contributed by atoms with Crippen LogP contribution in [0.5, 0.6) is 11.5 Å². The molecule has 1 aromatic rings. The molecule has 0 heterocycles. The fourth-order valence-corrected chi connectivity index (χ4v) is 2.50. The van der Waals surface area contributed by atoms with E-state index in [1.807, 2.05) is 13.0 Å². The smallest absolute Gasteiger partial charge is 0.136 e. The van der Waals surface area contributed by atoms with Crippen molar-refractivity contribution in [3.8, 4) is 11.5 Å². The average molecular weight is 287 g/mol. The van der Waals surface area contributed by atoms with Gasteiger partial charge in [0.2, 0.25) is 0 Å². The van der Waals surface area contributed by atoms with Crippen LogP contribution in [0.4, 0.5) is 0 Å². The Hall–Kier alpha value is -1.03. The minimum atomic E-state index is 0.473. The first-order valence-corrected chi connectivity index (χ1v) is 5.78. The van der Waals surface area contributed by atoms with Crippen molar-refractivity contribution in [1.82, 2.24) is 0 Å². The number of hydrogen-bond acceptors (Lipinski definition) is 3. The highest BCUT2D eigenvalue weighted by atomic mass is 79.9. The van der Waals surface area contributed by atoms with Gasteiger partial charge in [-0.3, -0.25) is 0 Å². The quantitative estimate of drug-likeness (QED) is 0.781. The fraction of sp³-hybridized carbons (Fsp3) is 0.417. The van der Waals surface area contributed by atoms with Crippen molar-refractivity contribution < 1.29 is 14.3 Å². The number of rotatable bonds is 5. The summed E-state index contributed by atoms with van der Waals surface area (Å²) in [7, 11) is 3.25. The summed E-state index contributed by atoms with van der Waals surface area (Å²) in [5, 5.41) is 0. The predicted molar refractivity (Wildman–Crippen MR) is 66.4 cm³/mol. The molecule has 0 aliphatic heterocycles. The maximum absolute atomic E-state index is 10.4. The second kappa shape index (κ2) is 5.89. The number of ether oxygens (including phenoxy) is 2. The first-order valence-electron chi connectivity index (χ1n) is 4.99. The van der Waals surface area contributed by atoms with Crippen molar-refractivity contribution in [1.29, 1.82) is 0 Å². The van der Waals surface area contributed by atoms with E-state index in [-0.39, 0.29) is 0 Å². The Morgan fingerprint density at radius 1 is 1.38 bits per heavy atom. The molecule has 1 rings (SSSR count). The van der Waals surface area contributed by atoms with Crippen molar-refractivity contribution in [2.45, 2.75) is 19.8 Å². The first-order chi connectivity index (χ1) is 7.65. The lowest BCUT2D eigenvalue weighted by Crippen LogP contribution is -1.99. The third-order valence-corrected chi connectivity index (χ3v) is 3.24. The Morgan fingerprint density at radius 2 is 2.06 bits per heavy atom. The van der Waals surface area contributed by atoms with Crippen LogP contribution in [-0.4, -0.2) is 20.5 Å². The van der Waals surface area contributed by atoms with E-state index in [0.29, 0.717) is 12.8 Å². The monoisotopic (exact) mass is 286 g/mol. The van der Waals surface area contributed by atoms with Gasteiger partial charge in [-0.05, 0) is 40.9 Å². The van der Waals surface area contributed by atoms with Gasteiger partial charge in [-0.2, -0.15) is 0 Å². The summed E-state index contributed by atoms with van der Waals surface area (Å²) >= 11 is 3.49. The number of benzene rings is 1. The minimum Gasteiger partial charge on any atom is -0.496 e. The Kier molecular flexibility index (Phi) is 4.80. The largest absolute Gasteiger partial charge is 0.496 e. The van der Waals surface area contributed by atoms with Gasteiger partial charge in [0.15, 0.2) is 0 Å². The number of aldehydes is 1. The van der Waals surface area contributed by atoms with Gasteiger partial charge in [0.1, 0.15) is 17.8 Å². The van der Waals surface area contributed by atoms with Crippen LogP contribution >= 0.6 is 15.9 Å². The summed E-state index contributed by atoms with van der Waals surface area (Å²) in [6, 6.07) is 1.92. The van der Waals surface area contributed by atoms with E-state index in [1.54, 1.807) is 14.2 Å². The summed E-state index contributed by atoms with van der Waals surface area (Å²) in [5.41, 5.74) is 1.97. The predicted octanol–water partition coefficient (Wildman–Crippen LogP) is 2.91. The topological polar surface area (TPSA) is 35.5 Å². The van der Waals surface area contributed by atoms with Crippen LogP contribution in [0.3, 0.4) is 0 Å². The fourth-order valence-electron chi connectivity index (χ4n) is 1.64. The number of carbonyl (C=O) groups excluding carboxylic acids is 1. The molecule has 4 heteroatoms. The van der Waals surface area contributed by atoms with Gasteiger partial charge < -0.3 is 14.3 Å². The number of methoxy groups -OCH3 is 2. The summed E-state index contributed by atoms with van der Waals surface area (Å²) in [4.78, 5) is 10.4. The molecule has 0 aliphatic carbocycles. The van der Waals surface area contributed by atoms with E-state index in [9.17, 15) is 4.79 Å². The molecule has 3 nitrogen and oxygen atoms in total. The SMILES string of the molecule is COc1cc(C)c(OC)c(Br)c1CCC=O. The highest BCUT2D eigenvalue weighted by Crippen LogP contribution is 2.38. The van der Waals surface area contributed by atoms with Gasteiger partial charge in [0.05, 0.1) is 18.7 Å². The molecular weight excluding hydrogens is 272 g/mol. The molecule has 0 aromatic heterocycles. The molecule has 0 spiro atoms. The summed E-state index contributed by atoms with van der Waals surface area (Å²) in [6.45, 7) is 1.95. The van der Waals surface area contributed by atoms with Crippen LogP contribution in [0.25, 0.3) is 0 Å². The number of halogens is 1. The van der Waals surface area contributed by atoms with Gasteiger partial charge in [-0.15, -0.1) is 0 Å². The molecule has 88 valence electrons. The molecule has 1 aromatic carbocycles. The van der Waals surface area contributed by atoms with Crippen LogP contribution in [0.15, 0.2) is 10.5 Å². The Morgan fingerprint density at radius 3 is 2.56 bits per heavy atom. The van der Waals surface area contributed by atoms with Crippen LogP contribution in [0, 0.1) is 6.92 Å². The minimum absolute atomic E-state index is 0.473. The Balaban J connectivity index is 3.25. The van der Waals surface area contributed by atoms with E-state index in [4.69, 9.17) is 9.47 Å². The standard InChI is InChI=1S/C12H15BrO3/c1-8-7-10(15-2)9(5-4-6-14)11(13)12(8)16-3/h6-7H,4-5H2,1-3H3. The molecule has 16 heavy (non-hydrogen) atoms. The van der Waals surface area contributed by atoms with E-state index in [2.05, 4.69) is 15.9 Å². The van der Waals surface area contributed by atoms with Gasteiger partial charge in [0.25, 0.3) is 0 Å². The normalized spacial score (nSPS) is 10.0. The number of aryl methyl sites for hydroxylation is 1. The van der Waals surface area contributed by atoms with Gasteiger partial charge in [-0.1, -0.05) is 0 Å². The Labute approximate surface area is 104 Å². The van der Waals surface area contributed by atoms with E-state index >= 15 is 0 Å². The lowest BCUT2D eigenvalue weighted by molar-refractivity contribution is -0.107. The van der Waals surface area contributed by atoms with Crippen molar-refractivity contribution >= 4 is 22.2 Å². The maximum Gasteiger partial charge on any atom is 0.136 e. The summed E-state index contributed by atoms with van der Waals surface area (Å²) in [5.74, 6) is 1.58. The van der Waals surface area contributed by atoms with Crippen LogP contribution in [0.2, 0.25) is 0 Å². The van der Waals surface area contributed by atoms with Crippen molar-refractivity contribution in [2.24, 2.45) is 0 Å². The Bertz CT molecular complexity index is 388. The van der Waals surface area contributed by atoms with Gasteiger partial charge in [-0.25, -0.2) is 0 Å². The third kappa shape index (κ3) is 2.55. The van der Waals surface area contributed by atoms with Crippen LogP contribution in [-0.2, 0) is 11.2 Å². The molecule has 0 radical (unpaired) electrons. The molecular formula is C12H15BrO3. The molecule has 0 N–H and O–H groups in total. The molecule has 0 fully saturated rings. The van der Waals surface area contributed by atoms with E-state index < -0.39 is 0 Å². The zero-order valence-corrected chi connectivity index (χ0v) is 11.3. The average Bonchev–Trinajstić information content (AvgIpc) is 2.28. The molecule has 0 saturated carbocycles. The van der Waals surface area contributed by atoms with Crippen LogP contribution in [0.1, 0.15) is 17.5 Å². The molecule has 0 saturated heterocycles. The third-order valence-electron chi connectivity index (χ3n) is 2.40. The van der Waals surface area contributed by atoms with Gasteiger partial charge >= 0.3 is 0 Å². The molecule has 0 bridgehead atoms. The number of carbonyl (C=O) groups is 1. The highest BCUT2D eigenvalue weighted by molar-refractivity contribution is 9.10. The summed E-state index contributed by atoms with van der Waals surface area (Å²) in [6.07, 6.45) is 2.02. The lowest BCUT2D eigenvalue weighted by atomic mass is 10.1. The van der Waals surface area contributed by atoms with E-state index in [0.717, 1.165) is 33.4 Å². The second-order valence-corrected chi connectivity index (χ2v) is 4.22. The molecule has 0 aliphatic rings. The maximum atomic E-state index is 10.4. The van der Waals surface area contributed by atoms with Crippen molar-refractivity contribution in [2.75, 3.05) is 14.2 Å². The first kappa shape index (κ1) is 13.0.